The Morgan fingerprint density at radius 2 is 1.35 bits per heavy atom. The van der Waals surface area contributed by atoms with Gasteiger partial charge in [-0.1, -0.05) is 91.0 Å². The molecule has 5 nitrogen and oxygen atoms in total. The van der Waals surface area contributed by atoms with Crippen LogP contribution in [0, 0.1) is 0 Å². The van der Waals surface area contributed by atoms with Gasteiger partial charge >= 0.3 is 6.09 Å². The molecule has 2 amide bonds. The van der Waals surface area contributed by atoms with Gasteiger partial charge in [0.1, 0.15) is 12.6 Å². The Balaban J connectivity index is 1.45. The van der Waals surface area contributed by atoms with Gasteiger partial charge in [0.25, 0.3) is 0 Å². The molecule has 1 heterocycles. The molecule has 0 bridgehead atoms. The molecule has 1 aliphatic heterocycles. The molecule has 158 valence electrons. The molecule has 5 heteroatoms. The highest BCUT2D eigenvalue weighted by Crippen LogP contribution is 2.28. The monoisotopic (exact) mass is 414 g/mol. The first-order valence-electron chi connectivity index (χ1n) is 10.5. The van der Waals surface area contributed by atoms with Gasteiger partial charge < -0.3 is 4.74 Å². The van der Waals surface area contributed by atoms with E-state index in [1.165, 1.54) is 16.0 Å². The number of imide groups is 1. The van der Waals surface area contributed by atoms with Crippen molar-refractivity contribution in [1.29, 1.82) is 0 Å². The van der Waals surface area contributed by atoms with Crippen LogP contribution in [0.15, 0.2) is 91.0 Å². The fourth-order valence-corrected chi connectivity index (χ4v) is 3.89. The Hall–Kier alpha value is -3.44. The zero-order chi connectivity index (χ0) is 21.5. The second-order valence-electron chi connectivity index (χ2n) is 7.70. The van der Waals surface area contributed by atoms with Crippen LogP contribution >= 0.6 is 0 Å². The summed E-state index contributed by atoms with van der Waals surface area (Å²) in [5.74, 6) is -0.206. The molecular formula is C26H26N2O3. The third kappa shape index (κ3) is 5.38. The lowest BCUT2D eigenvalue weighted by atomic mass is 10.1. The summed E-state index contributed by atoms with van der Waals surface area (Å²) in [6.45, 7) is 2.21. The fraction of sp³-hybridized carbons (Fsp3) is 0.231. The van der Waals surface area contributed by atoms with Crippen molar-refractivity contribution in [3.8, 4) is 0 Å². The van der Waals surface area contributed by atoms with E-state index in [9.17, 15) is 9.59 Å². The summed E-state index contributed by atoms with van der Waals surface area (Å²) in [5, 5.41) is 0. The minimum atomic E-state index is -0.559. The predicted molar refractivity (Wildman–Crippen MR) is 119 cm³/mol. The van der Waals surface area contributed by atoms with Crippen LogP contribution in [-0.4, -0.2) is 35.0 Å². The molecule has 1 saturated heterocycles. The zero-order valence-electron chi connectivity index (χ0n) is 17.4. The lowest BCUT2D eigenvalue weighted by Gasteiger charge is -2.25. The molecule has 1 fully saturated rings. The number of hydrogen-bond acceptors (Lipinski definition) is 4. The standard InChI is InChI=1S/C26H26N2O3/c29-25(28-24(20-31-26(28)30)23-14-8-3-9-15-23)16-17-27(18-21-10-4-1-5-11-21)19-22-12-6-2-7-13-22/h1-15,24H,16-20H2/t24-/m1/s1. The van der Waals surface area contributed by atoms with Crippen molar-refractivity contribution in [2.24, 2.45) is 0 Å². The largest absolute Gasteiger partial charge is 0.446 e. The van der Waals surface area contributed by atoms with E-state index in [1.54, 1.807) is 0 Å². The Kier molecular flexibility index (Phi) is 6.75. The average molecular weight is 415 g/mol. The number of hydrogen-bond donors (Lipinski definition) is 0. The molecule has 3 aromatic carbocycles. The lowest BCUT2D eigenvalue weighted by molar-refractivity contribution is -0.129. The highest BCUT2D eigenvalue weighted by molar-refractivity contribution is 5.93. The minimum absolute atomic E-state index is 0.201. The van der Waals surface area contributed by atoms with Crippen LogP contribution in [0.3, 0.4) is 0 Å². The van der Waals surface area contributed by atoms with Gasteiger partial charge in [0.15, 0.2) is 0 Å². The van der Waals surface area contributed by atoms with E-state index in [4.69, 9.17) is 4.74 Å². The van der Waals surface area contributed by atoms with Gasteiger partial charge in [0, 0.05) is 26.1 Å². The summed E-state index contributed by atoms with van der Waals surface area (Å²) in [4.78, 5) is 28.9. The van der Waals surface area contributed by atoms with Crippen LogP contribution in [0.5, 0.6) is 0 Å². The zero-order valence-corrected chi connectivity index (χ0v) is 17.4. The number of carbonyl (C=O) groups excluding carboxylic acids is 2. The van der Waals surface area contributed by atoms with Gasteiger partial charge in [-0.15, -0.1) is 0 Å². The predicted octanol–water partition coefficient (Wildman–Crippen LogP) is 4.80. The van der Waals surface area contributed by atoms with Crippen LogP contribution in [0.4, 0.5) is 4.79 Å². The van der Waals surface area contributed by atoms with Crippen molar-refractivity contribution in [1.82, 2.24) is 9.80 Å². The van der Waals surface area contributed by atoms with E-state index in [1.807, 2.05) is 66.7 Å². The lowest BCUT2D eigenvalue weighted by Crippen LogP contribution is -2.36. The second-order valence-corrected chi connectivity index (χ2v) is 7.70. The molecule has 0 spiro atoms. The molecule has 1 atom stereocenters. The number of rotatable bonds is 8. The summed E-state index contributed by atoms with van der Waals surface area (Å²) in [7, 11) is 0. The summed E-state index contributed by atoms with van der Waals surface area (Å²) in [6, 6.07) is 29.6. The first kappa shape index (κ1) is 20.8. The average Bonchev–Trinajstić information content (AvgIpc) is 3.21. The van der Waals surface area contributed by atoms with Crippen molar-refractivity contribution in [3.63, 3.8) is 0 Å². The molecule has 1 aliphatic rings. The van der Waals surface area contributed by atoms with Crippen molar-refractivity contribution >= 4 is 12.0 Å². The second kappa shape index (κ2) is 10.0. The van der Waals surface area contributed by atoms with E-state index in [-0.39, 0.29) is 25.0 Å². The summed E-state index contributed by atoms with van der Waals surface area (Å²) in [6.07, 6.45) is -0.311. The first-order valence-corrected chi connectivity index (χ1v) is 10.5. The number of benzene rings is 3. The number of ether oxygens (including phenoxy) is 1. The van der Waals surface area contributed by atoms with Crippen molar-refractivity contribution in [3.05, 3.63) is 108 Å². The number of cyclic esters (lactones) is 1. The molecule has 3 aromatic rings. The molecule has 0 unspecified atom stereocenters. The SMILES string of the molecule is O=C(CCN(Cc1ccccc1)Cc1ccccc1)N1C(=O)OC[C@@H]1c1ccccc1. The van der Waals surface area contributed by atoms with Gasteiger partial charge in [-0.05, 0) is 16.7 Å². The number of carbonyl (C=O) groups is 2. The molecule has 0 N–H and O–H groups in total. The third-order valence-electron chi connectivity index (χ3n) is 5.47. The Labute approximate surface area is 182 Å². The van der Waals surface area contributed by atoms with Gasteiger partial charge in [0.2, 0.25) is 5.91 Å². The molecule has 0 aromatic heterocycles. The van der Waals surface area contributed by atoms with E-state index in [0.29, 0.717) is 6.54 Å². The Bertz CT molecular complexity index is 951. The molecular weight excluding hydrogens is 388 g/mol. The van der Waals surface area contributed by atoms with E-state index in [0.717, 1.165) is 18.7 Å². The summed E-state index contributed by atoms with van der Waals surface area (Å²) >= 11 is 0. The third-order valence-corrected chi connectivity index (χ3v) is 5.47. The maximum absolute atomic E-state index is 13.0. The number of amides is 2. The van der Waals surface area contributed by atoms with Crippen molar-refractivity contribution < 1.29 is 14.3 Å². The first-order chi connectivity index (χ1) is 15.2. The maximum atomic E-state index is 13.0. The van der Waals surface area contributed by atoms with E-state index < -0.39 is 6.09 Å². The van der Waals surface area contributed by atoms with Crippen LogP contribution in [0.2, 0.25) is 0 Å². The smallest absolute Gasteiger partial charge is 0.417 e. The van der Waals surface area contributed by atoms with E-state index in [2.05, 4.69) is 29.2 Å². The van der Waals surface area contributed by atoms with Gasteiger partial charge in [-0.25, -0.2) is 9.69 Å². The van der Waals surface area contributed by atoms with Gasteiger partial charge in [-0.2, -0.15) is 0 Å². The highest BCUT2D eigenvalue weighted by atomic mass is 16.6. The highest BCUT2D eigenvalue weighted by Gasteiger charge is 2.38. The number of nitrogens with zero attached hydrogens (tertiary/aromatic N) is 2. The molecule has 0 radical (unpaired) electrons. The minimum Gasteiger partial charge on any atom is -0.446 e. The van der Waals surface area contributed by atoms with Crippen LogP contribution in [0.1, 0.15) is 29.2 Å². The van der Waals surface area contributed by atoms with Crippen molar-refractivity contribution in [2.75, 3.05) is 13.2 Å². The van der Waals surface area contributed by atoms with E-state index >= 15 is 0 Å². The Morgan fingerprint density at radius 3 is 1.90 bits per heavy atom. The topological polar surface area (TPSA) is 49.9 Å². The van der Waals surface area contributed by atoms with Crippen molar-refractivity contribution in [2.45, 2.75) is 25.6 Å². The fourth-order valence-electron chi connectivity index (χ4n) is 3.89. The van der Waals surface area contributed by atoms with Gasteiger partial charge in [-0.3, -0.25) is 9.69 Å². The molecule has 31 heavy (non-hydrogen) atoms. The van der Waals surface area contributed by atoms with Crippen LogP contribution < -0.4 is 0 Å². The molecule has 0 saturated carbocycles. The summed E-state index contributed by atoms with van der Waals surface area (Å²) < 4.78 is 5.20. The summed E-state index contributed by atoms with van der Waals surface area (Å²) in [5.41, 5.74) is 3.29. The molecule has 0 aliphatic carbocycles. The van der Waals surface area contributed by atoms with Crippen LogP contribution in [-0.2, 0) is 22.6 Å². The quantitative estimate of drug-likeness (QED) is 0.531. The van der Waals surface area contributed by atoms with Crippen LogP contribution in [0.25, 0.3) is 0 Å². The molecule has 4 rings (SSSR count). The van der Waals surface area contributed by atoms with Gasteiger partial charge in [0.05, 0.1) is 0 Å². The normalized spacial score (nSPS) is 15.8. The Morgan fingerprint density at radius 1 is 0.839 bits per heavy atom. The maximum Gasteiger partial charge on any atom is 0.417 e.